The van der Waals surface area contributed by atoms with Crippen LogP contribution in [0.3, 0.4) is 0 Å². The monoisotopic (exact) mass is 450 g/mol. The molecule has 1 unspecified atom stereocenters. The number of hydrogen-bond donors (Lipinski definition) is 0. The lowest BCUT2D eigenvalue weighted by Gasteiger charge is -2.31. The van der Waals surface area contributed by atoms with Crippen LogP contribution in [0.15, 0.2) is 53.7 Å². The molecule has 3 aromatic rings. The fourth-order valence-corrected chi connectivity index (χ4v) is 4.12. The van der Waals surface area contributed by atoms with Gasteiger partial charge in [0.1, 0.15) is 5.75 Å². The molecule has 0 saturated heterocycles. The Morgan fingerprint density at radius 2 is 1.88 bits per heavy atom. The molecule has 2 aromatic carbocycles. The van der Waals surface area contributed by atoms with Crippen LogP contribution in [-0.2, 0) is 4.79 Å². The van der Waals surface area contributed by atoms with E-state index < -0.39 is 6.23 Å². The minimum absolute atomic E-state index is 0.0252. The molecule has 1 amide bonds. The van der Waals surface area contributed by atoms with Gasteiger partial charge in [-0.05, 0) is 49.4 Å². The summed E-state index contributed by atoms with van der Waals surface area (Å²) in [5, 5.41) is 9.23. The van der Waals surface area contributed by atoms with Crippen molar-refractivity contribution in [2.24, 2.45) is 0 Å². The number of aromatic nitrogens is 3. The summed E-state index contributed by atoms with van der Waals surface area (Å²) in [6.07, 6.45) is 0.441. The first-order valence-corrected chi connectivity index (χ1v) is 11.8. The van der Waals surface area contributed by atoms with Crippen LogP contribution in [0, 0.1) is 0 Å². The van der Waals surface area contributed by atoms with Crippen LogP contribution in [0.25, 0.3) is 11.3 Å². The molecule has 2 heterocycles. The van der Waals surface area contributed by atoms with E-state index >= 15 is 0 Å². The summed E-state index contributed by atoms with van der Waals surface area (Å²) in [6, 6.07) is 15.3. The molecule has 1 aliphatic heterocycles. The Bertz CT molecular complexity index is 1090. The number of fused-ring (bicyclic) bond motifs is 3. The predicted molar refractivity (Wildman–Crippen MR) is 125 cm³/mol. The molecular formula is C24H26N4O3S. The number of carbonyl (C=O) groups excluding carboxylic acids is 1. The van der Waals surface area contributed by atoms with Crippen molar-refractivity contribution in [3.63, 3.8) is 0 Å². The topological polar surface area (TPSA) is 77.4 Å². The van der Waals surface area contributed by atoms with Gasteiger partial charge in [0, 0.05) is 17.5 Å². The summed E-state index contributed by atoms with van der Waals surface area (Å²) in [5.41, 5.74) is 2.86. The van der Waals surface area contributed by atoms with E-state index in [-0.39, 0.29) is 5.91 Å². The SMILES string of the molecule is CCCC(=O)N1c2ccccc2-c2nnc(SCC)nc2OC1c1ccc(OCC)cc1. The fourth-order valence-electron chi connectivity index (χ4n) is 3.62. The molecule has 166 valence electrons. The van der Waals surface area contributed by atoms with E-state index in [1.165, 1.54) is 11.8 Å². The Morgan fingerprint density at radius 1 is 1.09 bits per heavy atom. The first-order valence-electron chi connectivity index (χ1n) is 10.8. The normalized spacial score (nSPS) is 14.7. The van der Waals surface area contributed by atoms with Crippen LogP contribution in [0.2, 0.25) is 0 Å². The highest BCUT2D eigenvalue weighted by molar-refractivity contribution is 7.99. The number of anilines is 1. The molecule has 1 aliphatic rings. The molecule has 4 rings (SSSR count). The maximum atomic E-state index is 13.3. The summed E-state index contributed by atoms with van der Waals surface area (Å²) in [6.45, 7) is 6.55. The Balaban J connectivity index is 1.88. The second kappa shape index (κ2) is 9.99. The zero-order valence-electron chi connectivity index (χ0n) is 18.4. The van der Waals surface area contributed by atoms with Gasteiger partial charge in [-0.25, -0.2) is 0 Å². The van der Waals surface area contributed by atoms with Gasteiger partial charge in [-0.1, -0.05) is 43.8 Å². The smallest absolute Gasteiger partial charge is 0.247 e. The van der Waals surface area contributed by atoms with E-state index in [1.807, 2.05) is 69.3 Å². The minimum Gasteiger partial charge on any atom is -0.494 e. The fraction of sp³-hybridized carbons (Fsp3) is 0.333. The van der Waals surface area contributed by atoms with Gasteiger partial charge in [0.15, 0.2) is 5.69 Å². The second-order valence-electron chi connectivity index (χ2n) is 7.18. The lowest BCUT2D eigenvalue weighted by atomic mass is 10.1. The van der Waals surface area contributed by atoms with E-state index in [9.17, 15) is 4.79 Å². The summed E-state index contributed by atoms with van der Waals surface area (Å²) in [7, 11) is 0. The number of nitrogens with zero attached hydrogens (tertiary/aromatic N) is 4. The molecule has 0 aliphatic carbocycles. The third kappa shape index (κ3) is 4.41. The molecule has 1 atom stereocenters. The van der Waals surface area contributed by atoms with Gasteiger partial charge >= 0.3 is 0 Å². The Morgan fingerprint density at radius 3 is 2.59 bits per heavy atom. The Hall–Kier alpha value is -3.13. The van der Waals surface area contributed by atoms with E-state index in [2.05, 4.69) is 15.2 Å². The molecule has 0 N–H and O–H groups in total. The number of hydrogen-bond acceptors (Lipinski definition) is 7. The van der Waals surface area contributed by atoms with Crippen LogP contribution >= 0.6 is 11.8 Å². The van der Waals surface area contributed by atoms with Crippen molar-refractivity contribution in [1.82, 2.24) is 15.2 Å². The zero-order chi connectivity index (χ0) is 22.5. The maximum Gasteiger partial charge on any atom is 0.247 e. The van der Waals surface area contributed by atoms with Crippen LogP contribution < -0.4 is 14.4 Å². The number of para-hydroxylation sites is 1. The number of rotatable bonds is 7. The summed E-state index contributed by atoms with van der Waals surface area (Å²) in [4.78, 5) is 19.7. The molecular weight excluding hydrogens is 424 g/mol. The lowest BCUT2D eigenvalue weighted by molar-refractivity contribution is -0.120. The van der Waals surface area contributed by atoms with Gasteiger partial charge in [0.25, 0.3) is 0 Å². The van der Waals surface area contributed by atoms with Gasteiger partial charge in [0.05, 0.1) is 12.3 Å². The van der Waals surface area contributed by atoms with Crippen molar-refractivity contribution in [2.45, 2.75) is 45.0 Å². The van der Waals surface area contributed by atoms with Crippen molar-refractivity contribution >= 4 is 23.4 Å². The van der Waals surface area contributed by atoms with Crippen molar-refractivity contribution in [2.75, 3.05) is 17.3 Å². The molecule has 32 heavy (non-hydrogen) atoms. The number of ether oxygens (including phenoxy) is 2. The third-order valence-corrected chi connectivity index (χ3v) is 5.71. The van der Waals surface area contributed by atoms with E-state index in [1.54, 1.807) is 4.90 Å². The third-order valence-electron chi connectivity index (χ3n) is 4.99. The number of benzene rings is 2. The number of thioether (sulfide) groups is 1. The second-order valence-corrected chi connectivity index (χ2v) is 8.42. The molecule has 0 spiro atoms. The van der Waals surface area contributed by atoms with Crippen molar-refractivity contribution in [3.8, 4) is 22.9 Å². The quantitative estimate of drug-likeness (QED) is 0.454. The van der Waals surface area contributed by atoms with E-state index in [4.69, 9.17) is 9.47 Å². The first kappa shape index (κ1) is 22.1. The van der Waals surface area contributed by atoms with Crippen LogP contribution in [-0.4, -0.2) is 33.4 Å². The molecule has 0 bridgehead atoms. The molecule has 1 aromatic heterocycles. The highest BCUT2D eigenvalue weighted by atomic mass is 32.2. The summed E-state index contributed by atoms with van der Waals surface area (Å²) < 4.78 is 12.0. The molecule has 7 nitrogen and oxygen atoms in total. The van der Waals surface area contributed by atoms with Gasteiger partial charge in [-0.3, -0.25) is 9.69 Å². The molecule has 0 fully saturated rings. The van der Waals surface area contributed by atoms with Crippen molar-refractivity contribution < 1.29 is 14.3 Å². The first-order chi connectivity index (χ1) is 15.7. The van der Waals surface area contributed by atoms with Gasteiger partial charge < -0.3 is 9.47 Å². The Kier molecular flexibility index (Phi) is 6.90. The van der Waals surface area contributed by atoms with E-state index in [0.717, 1.165) is 34.7 Å². The summed E-state index contributed by atoms with van der Waals surface area (Å²) in [5.74, 6) is 1.93. The largest absolute Gasteiger partial charge is 0.494 e. The van der Waals surface area contributed by atoms with Gasteiger partial charge in [-0.2, -0.15) is 4.98 Å². The van der Waals surface area contributed by atoms with Crippen LogP contribution in [0.4, 0.5) is 5.69 Å². The lowest BCUT2D eigenvalue weighted by Crippen LogP contribution is -2.37. The highest BCUT2D eigenvalue weighted by Gasteiger charge is 2.35. The molecule has 0 radical (unpaired) electrons. The predicted octanol–water partition coefficient (Wildman–Crippen LogP) is 5.27. The Labute approximate surface area is 192 Å². The maximum absolute atomic E-state index is 13.3. The summed E-state index contributed by atoms with van der Waals surface area (Å²) >= 11 is 1.49. The number of carbonyl (C=O) groups is 1. The van der Waals surface area contributed by atoms with Crippen molar-refractivity contribution in [1.29, 1.82) is 0 Å². The van der Waals surface area contributed by atoms with Crippen LogP contribution in [0.1, 0.15) is 45.4 Å². The van der Waals surface area contributed by atoms with Gasteiger partial charge in [0.2, 0.25) is 23.2 Å². The standard InChI is InChI=1S/C24H26N4O3S/c1-4-9-20(29)28-19-11-8-7-10-18(19)21-22(25-24(27-26-21)32-6-3)31-23(28)16-12-14-17(15-13-16)30-5-2/h7-8,10-15,23H,4-6,9H2,1-3H3. The highest BCUT2D eigenvalue weighted by Crippen LogP contribution is 2.43. The van der Waals surface area contributed by atoms with E-state index in [0.29, 0.717) is 29.8 Å². The average molecular weight is 451 g/mol. The van der Waals surface area contributed by atoms with Crippen molar-refractivity contribution in [3.05, 3.63) is 54.1 Å². The zero-order valence-corrected chi connectivity index (χ0v) is 19.3. The average Bonchev–Trinajstić information content (AvgIpc) is 2.94. The number of amides is 1. The molecule has 0 saturated carbocycles. The molecule has 8 heteroatoms. The minimum atomic E-state index is -0.691. The van der Waals surface area contributed by atoms with Gasteiger partial charge in [-0.15, -0.1) is 10.2 Å². The van der Waals surface area contributed by atoms with Crippen LogP contribution in [0.5, 0.6) is 11.6 Å².